The number of hydrogen-bond donors (Lipinski definition) is 1. The van der Waals surface area contributed by atoms with Crippen LogP contribution < -0.4 is 5.32 Å². The van der Waals surface area contributed by atoms with Gasteiger partial charge in [0.1, 0.15) is 5.82 Å². The molecule has 0 unspecified atom stereocenters. The Morgan fingerprint density at radius 3 is 2.71 bits per heavy atom. The number of anilines is 2. The number of amides is 1. The fourth-order valence-electron chi connectivity index (χ4n) is 3.92. The van der Waals surface area contributed by atoms with Gasteiger partial charge in [-0.2, -0.15) is 5.10 Å². The summed E-state index contributed by atoms with van der Waals surface area (Å²) < 4.78 is 1.74. The number of piperidine rings is 1. The Morgan fingerprint density at radius 1 is 1.16 bits per heavy atom. The van der Waals surface area contributed by atoms with Gasteiger partial charge in [-0.3, -0.25) is 9.48 Å². The lowest BCUT2D eigenvalue weighted by Crippen LogP contribution is -2.38. The zero-order valence-electron chi connectivity index (χ0n) is 18.1. The maximum atomic E-state index is 12.7. The van der Waals surface area contributed by atoms with Gasteiger partial charge in [0, 0.05) is 55.9 Å². The molecule has 0 aromatic carbocycles. The second-order valence-electron chi connectivity index (χ2n) is 7.91. The maximum Gasteiger partial charge on any atom is 0.246 e. The highest BCUT2D eigenvalue weighted by molar-refractivity contribution is 5.91. The average molecular weight is 418 g/mol. The molecule has 8 heteroatoms. The summed E-state index contributed by atoms with van der Waals surface area (Å²) in [6.07, 6.45) is 8.98. The lowest BCUT2D eigenvalue weighted by atomic mass is 9.91. The highest BCUT2D eigenvalue weighted by atomic mass is 16.2. The molecule has 0 bridgehead atoms. The van der Waals surface area contributed by atoms with Crippen molar-refractivity contribution in [2.45, 2.75) is 32.6 Å². The van der Waals surface area contributed by atoms with E-state index in [2.05, 4.69) is 25.4 Å². The fraction of sp³-hybridized carbons (Fsp3) is 0.348. The minimum atomic E-state index is 0.0296. The van der Waals surface area contributed by atoms with Crippen LogP contribution in [0.2, 0.25) is 0 Å². The zero-order chi connectivity index (χ0) is 21.8. The van der Waals surface area contributed by atoms with Crippen molar-refractivity contribution in [2.24, 2.45) is 7.05 Å². The first-order chi connectivity index (χ1) is 15.0. The van der Waals surface area contributed by atoms with E-state index in [1.54, 1.807) is 23.2 Å². The molecule has 0 aliphatic carbocycles. The van der Waals surface area contributed by atoms with E-state index in [1.807, 2.05) is 56.1 Å². The summed E-state index contributed by atoms with van der Waals surface area (Å²) in [5.74, 6) is 1.55. The van der Waals surface area contributed by atoms with Gasteiger partial charge in [0.15, 0.2) is 0 Å². The lowest BCUT2D eigenvalue weighted by molar-refractivity contribution is -0.127. The number of hydrogen-bond acceptors (Lipinski definition) is 6. The smallest absolute Gasteiger partial charge is 0.246 e. The molecule has 0 radical (unpaired) electrons. The van der Waals surface area contributed by atoms with Gasteiger partial charge in [-0.05, 0) is 62.6 Å². The molecular formula is C23H27N7O. The van der Waals surface area contributed by atoms with Gasteiger partial charge in [-0.25, -0.2) is 15.0 Å². The van der Waals surface area contributed by atoms with Crippen LogP contribution in [0.1, 0.15) is 41.4 Å². The largest absolute Gasteiger partial charge is 0.339 e. The van der Waals surface area contributed by atoms with Crippen LogP contribution in [0.15, 0.2) is 42.7 Å². The number of pyridine rings is 1. The summed E-state index contributed by atoms with van der Waals surface area (Å²) in [7, 11) is 1.86. The topological polar surface area (TPSA) is 88.8 Å². The molecule has 1 N–H and O–H groups in total. The monoisotopic (exact) mass is 417 g/mol. The van der Waals surface area contributed by atoms with E-state index in [-0.39, 0.29) is 11.8 Å². The molecule has 1 aliphatic rings. The van der Waals surface area contributed by atoms with Crippen molar-refractivity contribution in [3.63, 3.8) is 0 Å². The molecule has 160 valence electrons. The van der Waals surface area contributed by atoms with E-state index in [0.717, 1.165) is 42.0 Å². The Morgan fingerprint density at radius 2 is 1.97 bits per heavy atom. The van der Waals surface area contributed by atoms with Gasteiger partial charge >= 0.3 is 0 Å². The molecule has 8 nitrogen and oxygen atoms in total. The molecular weight excluding hydrogens is 390 g/mol. The number of carbonyl (C=O) groups is 1. The number of rotatable bonds is 5. The van der Waals surface area contributed by atoms with Crippen LogP contribution in [0.4, 0.5) is 11.8 Å². The molecule has 1 atom stereocenters. The van der Waals surface area contributed by atoms with Crippen molar-refractivity contribution >= 4 is 23.7 Å². The highest BCUT2D eigenvalue weighted by Gasteiger charge is 2.24. The van der Waals surface area contributed by atoms with Crippen LogP contribution in [0.25, 0.3) is 6.08 Å². The van der Waals surface area contributed by atoms with Gasteiger partial charge < -0.3 is 10.2 Å². The third kappa shape index (κ3) is 5.14. The van der Waals surface area contributed by atoms with Gasteiger partial charge in [0.2, 0.25) is 11.9 Å². The zero-order valence-corrected chi connectivity index (χ0v) is 18.1. The van der Waals surface area contributed by atoms with Crippen LogP contribution in [0, 0.1) is 13.8 Å². The van der Waals surface area contributed by atoms with Gasteiger partial charge in [0.05, 0.1) is 5.69 Å². The van der Waals surface area contributed by atoms with Crippen LogP contribution >= 0.6 is 0 Å². The second kappa shape index (κ2) is 9.07. The van der Waals surface area contributed by atoms with Gasteiger partial charge in [-0.15, -0.1) is 0 Å². The van der Waals surface area contributed by atoms with E-state index in [4.69, 9.17) is 0 Å². The van der Waals surface area contributed by atoms with Crippen molar-refractivity contribution in [3.05, 3.63) is 65.4 Å². The Labute approximate surface area is 182 Å². The molecule has 3 aromatic rings. The predicted molar refractivity (Wildman–Crippen MR) is 120 cm³/mol. The number of carbonyl (C=O) groups excluding carboxylic acids is 1. The normalized spacial score (nSPS) is 16.6. The van der Waals surface area contributed by atoms with Crippen LogP contribution in [0.3, 0.4) is 0 Å². The summed E-state index contributed by atoms with van der Waals surface area (Å²) in [6, 6.07) is 7.88. The van der Waals surface area contributed by atoms with E-state index in [0.29, 0.717) is 18.3 Å². The van der Waals surface area contributed by atoms with Crippen molar-refractivity contribution in [2.75, 3.05) is 18.4 Å². The highest BCUT2D eigenvalue weighted by Crippen LogP contribution is 2.28. The molecule has 1 fully saturated rings. The van der Waals surface area contributed by atoms with Gasteiger partial charge in [-0.1, -0.05) is 0 Å². The van der Waals surface area contributed by atoms with Crippen molar-refractivity contribution in [1.82, 2.24) is 29.6 Å². The Balaban J connectivity index is 1.44. The summed E-state index contributed by atoms with van der Waals surface area (Å²) >= 11 is 0. The predicted octanol–water partition coefficient (Wildman–Crippen LogP) is 3.38. The molecule has 0 spiro atoms. The van der Waals surface area contributed by atoms with Crippen molar-refractivity contribution < 1.29 is 4.79 Å². The van der Waals surface area contributed by atoms with E-state index in [9.17, 15) is 4.79 Å². The summed E-state index contributed by atoms with van der Waals surface area (Å²) in [5, 5.41) is 7.33. The Bertz CT molecular complexity index is 1080. The van der Waals surface area contributed by atoms with Crippen molar-refractivity contribution in [1.29, 1.82) is 0 Å². The van der Waals surface area contributed by atoms with E-state index >= 15 is 0 Å². The SMILES string of the molecule is Cc1cc(C)nc(Nc2cc([C@@H]3CCCN(C(=O)/C=C/c4ccnn4C)C3)ccn2)n1. The van der Waals surface area contributed by atoms with Gasteiger partial charge in [0.25, 0.3) is 0 Å². The minimum Gasteiger partial charge on any atom is -0.339 e. The van der Waals surface area contributed by atoms with Crippen molar-refractivity contribution in [3.8, 4) is 0 Å². The third-order valence-corrected chi connectivity index (χ3v) is 5.47. The Hall–Kier alpha value is -3.55. The van der Waals surface area contributed by atoms with E-state index in [1.165, 1.54) is 0 Å². The Kier molecular flexibility index (Phi) is 6.06. The lowest BCUT2D eigenvalue weighted by Gasteiger charge is -2.32. The minimum absolute atomic E-state index is 0.0296. The number of aromatic nitrogens is 5. The van der Waals surface area contributed by atoms with E-state index < -0.39 is 0 Å². The molecule has 0 saturated carbocycles. The molecule has 4 heterocycles. The molecule has 1 amide bonds. The van der Waals surface area contributed by atoms with Crippen LogP contribution in [-0.2, 0) is 11.8 Å². The fourth-order valence-corrected chi connectivity index (χ4v) is 3.92. The molecule has 3 aromatic heterocycles. The molecule has 1 saturated heterocycles. The average Bonchev–Trinajstić information content (AvgIpc) is 3.16. The second-order valence-corrected chi connectivity index (χ2v) is 7.91. The van der Waals surface area contributed by atoms with Crippen LogP contribution in [-0.4, -0.2) is 48.6 Å². The standard InChI is InChI=1S/C23H27N7O/c1-16-13-17(2)27-23(26-16)28-21-14-18(8-10-24-21)19-5-4-12-30(15-19)22(31)7-6-20-9-11-25-29(20)3/h6-11,13-14,19H,4-5,12,15H2,1-3H3,(H,24,26,27,28)/b7-6+/t19-/m1/s1. The maximum absolute atomic E-state index is 12.7. The number of likely N-dealkylation sites (tertiary alicyclic amines) is 1. The third-order valence-electron chi connectivity index (χ3n) is 5.47. The summed E-state index contributed by atoms with van der Waals surface area (Å²) in [6.45, 7) is 5.36. The number of aryl methyl sites for hydroxylation is 3. The van der Waals surface area contributed by atoms with Crippen LogP contribution in [0.5, 0.6) is 0 Å². The first-order valence-corrected chi connectivity index (χ1v) is 10.5. The molecule has 1 aliphatic heterocycles. The summed E-state index contributed by atoms with van der Waals surface area (Å²) in [4.78, 5) is 27.9. The molecule has 4 rings (SSSR count). The number of nitrogens with zero attached hydrogens (tertiary/aromatic N) is 6. The first kappa shape index (κ1) is 20.7. The number of nitrogens with one attached hydrogen (secondary N) is 1. The first-order valence-electron chi connectivity index (χ1n) is 10.5. The quantitative estimate of drug-likeness (QED) is 0.640. The summed E-state index contributed by atoms with van der Waals surface area (Å²) in [5.41, 5.74) is 3.88. The molecule has 31 heavy (non-hydrogen) atoms.